The van der Waals surface area contributed by atoms with E-state index < -0.39 is 0 Å². The highest BCUT2D eigenvalue weighted by molar-refractivity contribution is 5.90. The van der Waals surface area contributed by atoms with Gasteiger partial charge in [0.15, 0.2) is 0 Å². The lowest BCUT2D eigenvalue weighted by atomic mass is 10.0. The molecule has 0 radical (unpaired) electrons. The molecule has 0 aliphatic rings. The molecule has 3 aromatic rings. The van der Waals surface area contributed by atoms with Gasteiger partial charge < -0.3 is 15.0 Å². The first kappa shape index (κ1) is 15.0. The SMILES string of the molecule is COC(=O)c1ccc(CCc2cn(C)c3ncnc(N)c23)cc1. The first-order chi connectivity index (χ1) is 11.1. The Morgan fingerprint density at radius 3 is 2.65 bits per heavy atom. The van der Waals surface area contributed by atoms with E-state index in [1.807, 2.05) is 29.9 Å². The lowest BCUT2D eigenvalue weighted by molar-refractivity contribution is 0.0600. The molecule has 6 nitrogen and oxygen atoms in total. The maximum Gasteiger partial charge on any atom is 0.337 e. The maximum absolute atomic E-state index is 11.4. The number of methoxy groups -OCH3 is 1. The Balaban J connectivity index is 1.80. The van der Waals surface area contributed by atoms with E-state index in [9.17, 15) is 4.79 Å². The smallest absolute Gasteiger partial charge is 0.337 e. The molecule has 118 valence electrons. The number of hydrogen-bond donors (Lipinski definition) is 1. The van der Waals surface area contributed by atoms with Gasteiger partial charge in [0.2, 0.25) is 0 Å². The second kappa shape index (κ2) is 6.08. The summed E-state index contributed by atoms with van der Waals surface area (Å²) in [5, 5.41) is 0.918. The van der Waals surface area contributed by atoms with Gasteiger partial charge in [-0.2, -0.15) is 0 Å². The fourth-order valence-electron chi connectivity index (χ4n) is 2.72. The van der Waals surface area contributed by atoms with Crippen LogP contribution >= 0.6 is 0 Å². The van der Waals surface area contributed by atoms with Gasteiger partial charge in [-0.15, -0.1) is 0 Å². The molecule has 2 heterocycles. The van der Waals surface area contributed by atoms with E-state index in [1.165, 1.54) is 13.4 Å². The summed E-state index contributed by atoms with van der Waals surface area (Å²) in [5.74, 6) is 0.183. The molecule has 0 spiro atoms. The van der Waals surface area contributed by atoms with Crippen molar-refractivity contribution < 1.29 is 9.53 Å². The fourth-order valence-corrected chi connectivity index (χ4v) is 2.72. The minimum atomic E-state index is -0.324. The standard InChI is InChI=1S/C17H18N4O2/c1-21-9-13(14-15(18)19-10-20-16(14)21)8-5-11-3-6-12(7-4-11)17(22)23-2/h3-4,6-7,9-10H,5,8H2,1-2H3,(H2,18,19,20). The number of nitrogens with zero attached hydrogens (tertiary/aromatic N) is 3. The number of esters is 1. The summed E-state index contributed by atoms with van der Waals surface area (Å²) >= 11 is 0. The molecule has 0 saturated carbocycles. The van der Waals surface area contributed by atoms with Gasteiger partial charge in [-0.25, -0.2) is 14.8 Å². The molecule has 1 aromatic carbocycles. The average Bonchev–Trinajstić information content (AvgIpc) is 2.90. The van der Waals surface area contributed by atoms with Crippen LogP contribution in [0.25, 0.3) is 11.0 Å². The van der Waals surface area contributed by atoms with Crippen molar-refractivity contribution in [2.75, 3.05) is 12.8 Å². The molecule has 0 aliphatic carbocycles. The van der Waals surface area contributed by atoms with E-state index in [0.717, 1.165) is 35.0 Å². The van der Waals surface area contributed by atoms with Gasteiger partial charge >= 0.3 is 5.97 Å². The van der Waals surface area contributed by atoms with Crippen LogP contribution in [0.4, 0.5) is 5.82 Å². The molecule has 0 unspecified atom stereocenters. The Kier molecular flexibility index (Phi) is 3.97. The number of anilines is 1. The molecule has 0 saturated heterocycles. The molecule has 23 heavy (non-hydrogen) atoms. The topological polar surface area (TPSA) is 83.0 Å². The highest BCUT2D eigenvalue weighted by atomic mass is 16.5. The second-order valence-corrected chi connectivity index (χ2v) is 5.41. The number of fused-ring (bicyclic) bond motifs is 1. The van der Waals surface area contributed by atoms with Gasteiger partial charge in [-0.3, -0.25) is 0 Å². The molecule has 0 atom stereocenters. The van der Waals surface area contributed by atoms with Crippen LogP contribution in [-0.2, 0) is 24.6 Å². The second-order valence-electron chi connectivity index (χ2n) is 5.41. The van der Waals surface area contributed by atoms with Crippen molar-refractivity contribution in [2.24, 2.45) is 7.05 Å². The molecule has 0 bridgehead atoms. The zero-order valence-corrected chi connectivity index (χ0v) is 13.1. The molecule has 0 amide bonds. The number of benzene rings is 1. The van der Waals surface area contributed by atoms with Crippen molar-refractivity contribution in [1.82, 2.24) is 14.5 Å². The Labute approximate surface area is 133 Å². The molecule has 3 rings (SSSR count). The average molecular weight is 310 g/mol. The van der Waals surface area contributed by atoms with E-state index in [1.54, 1.807) is 12.1 Å². The predicted molar refractivity (Wildman–Crippen MR) is 88.1 cm³/mol. The van der Waals surface area contributed by atoms with E-state index in [0.29, 0.717) is 11.4 Å². The molecular formula is C17H18N4O2. The molecule has 0 fully saturated rings. The van der Waals surface area contributed by atoms with Gasteiger partial charge in [0, 0.05) is 13.2 Å². The van der Waals surface area contributed by atoms with Crippen LogP contribution in [-0.4, -0.2) is 27.6 Å². The number of aromatic nitrogens is 3. The number of aryl methyl sites for hydroxylation is 3. The van der Waals surface area contributed by atoms with Crippen LogP contribution < -0.4 is 5.73 Å². The lowest BCUT2D eigenvalue weighted by Gasteiger charge is -2.04. The number of nitrogens with two attached hydrogens (primary N) is 1. The Morgan fingerprint density at radius 2 is 1.96 bits per heavy atom. The van der Waals surface area contributed by atoms with Crippen molar-refractivity contribution in [3.8, 4) is 0 Å². The van der Waals surface area contributed by atoms with Crippen molar-refractivity contribution in [3.63, 3.8) is 0 Å². The molecule has 0 aliphatic heterocycles. The van der Waals surface area contributed by atoms with Crippen LogP contribution in [0.1, 0.15) is 21.5 Å². The highest BCUT2D eigenvalue weighted by Gasteiger charge is 2.12. The van der Waals surface area contributed by atoms with E-state index >= 15 is 0 Å². The van der Waals surface area contributed by atoms with Crippen LogP contribution in [0.3, 0.4) is 0 Å². The Hall–Kier alpha value is -2.89. The number of carbonyl (C=O) groups excluding carboxylic acids is 1. The minimum Gasteiger partial charge on any atom is -0.465 e. The number of ether oxygens (including phenoxy) is 1. The predicted octanol–water partition coefficient (Wildman–Crippen LogP) is 2.12. The summed E-state index contributed by atoms with van der Waals surface area (Å²) in [4.78, 5) is 19.8. The third kappa shape index (κ3) is 2.88. The maximum atomic E-state index is 11.4. The van der Waals surface area contributed by atoms with Crippen molar-refractivity contribution in [3.05, 3.63) is 53.5 Å². The summed E-state index contributed by atoms with van der Waals surface area (Å²) in [6, 6.07) is 7.44. The van der Waals surface area contributed by atoms with Gasteiger partial charge in [-0.05, 0) is 36.1 Å². The van der Waals surface area contributed by atoms with Crippen molar-refractivity contribution in [2.45, 2.75) is 12.8 Å². The van der Waals surface area contributed by atoms with Crippen molar-refractivity contribution >= 4 is 22.8 Å². The first-order valence-corrected chi connectivity index (χ1v) is 7.31. The van der Waals surface area contributed by atoms with Crippen LogP contribution in [0, 0.1) is 0 Å². The summed E-state index contributed by atoms with van der Waals surface area (Å²) in [6.45, 7) is 0. The number of hydrogen-bond acceptors (Lipinski definition) is 5. The highest BCUT2D eigenvalue weighted by Crippen LogP contribution is 2.24. The molecule has 6 heteroatoms. The van der Waals surface area contributed by atoms with Gasteiger partial charge in [0.1, 0.15) is 17.8 Å². The summed E-state index contributed by atoms with van der Waals surface area (Å²) in [5.41, 5.74) is 9.65. The lowest BCUT2D eigenvalue weighted by Crippen LogP contribution is -2.01. The Bertz CT molecular complexity index is 853. The van der Waals surface area contributed by atoms with Crippen molar-refractivity contribution in [1.29, 1.82) is 0 Å². The minimum absolute atomic E-state index is 0.324. The zero-order chi connectivity index (χ0) is 16.4. The van der Waals surface area contributed by atoms with E-state index in [-0.39, 0.29) is 5.97 Å². The van der Waals surface area contributed by atoms with Crippen LogP contribution in [0.15, 0.2) is 36.8 Å². The first-order valence-electron chi connectivity index (χ1n) is 7.31. The molecule has 2 N–H and O–H groups in total. The number of nitrogen functional groups attached to an aromatic ring is 1. The largest absolute Gasteiger partial charge is 0.465 e. The normalized spacial score (nSPS) is 10.9. The fraction of sp³-hybridized carbons (Fsp3) is 0.235. The summed E-state index contributed by atoms with van der Waals surface area (Å²) in [7, 11) is 3.33. The molecule has 2 aromatic heterocycles. The Morgan fingerprint density at radius 1 is 1.22 bits per heavy atom. The summed E-state index contributed by atoms with van der Waals surface area (Å²) in [6.07, 6.45) is 5.19. The monoisotopic (exact) mass is 310 g/mol. The summed E-state index contributed by atoms with van der Waals surface area (Å²) < 4.78 is 6.66. The molecular weight excluding hydrogens is 292 g/mol. The number of rotatable bonds is 4. The quantitative estimate of drug-likeness (QED) is 0.746. The van der Waals surface area contributed by atoms with Crippen LogP contribution in [0.5, 0.6) is 0 Å². The third-order valence-electron chi connectivity index (χ3n) is 3.92. The van der Waals surface area contributed by atoms with Gasteiger partial charge in [0.25, 0.3) is 0 Å². The van der Waals surface area contributed by atoms with E-state index in [4.69, 9.17) is 10.5 Å². The third-order valence-corrected chi connectivity index (χ3v) is 3.92. The zero-order valence-electron chi connectivity index (χ0n) is 13.1. The van der Waals surface area contributed by atoms with Gasteiger partial charge in [0.05, 0.1) is 18.1 Å². The van der Waals surface area contributed by atoms with Gasteiger partial charge in [-0.1, -0.05) is 12.1 Å². The van der Waals surface area contributed by atoms with Crippen LogP contribution in [0.2, 0.25) is 0 Å². The van der Waals surface area contributed by atoms with E-state index in [2.05, 4.69) is 9.97 Å². The number of carbonyl (C=O) groups is 1.